The summed E-state index contributed by atoms with van der Waals surface area (Å²) < 4.78 is 0. The molecule has 6 nitrogen and oxygen atoms in total. The molecule has 7 heteroatoms. The highest BCUT2D eigenvalue weighted by atomic mass is 35.5. The van der Waals surface area contributed by atoms with E-state index in [1.807, 2.05) is 0 Å². The van der Waals surface area contributed by atoms with Crippen LogP contribution in [0.5, 0.6) is 0 Å². The monoisotopic (exact) mass is 284 g/mol. The third-order valence-corrected chi connectivity index (χ3v) is 2.62. The topological polar surface area (TPSA) is 109 Å². The van der Waals surface area contributed by atoms with E-state index in [-0.39, 0.29) is 17.7 Å². The first-order valence-corrected chi connectivity index (χ1v) is 5.77. The van der Waals surface area contributed by atoms with Gasteiger partial charge in [-0.2, -0.15) is 0 Å². The van der Waals surface area contributed by atoms with Gasteiger partial charge in [0, 0.05) is 29.6 Å². The van der Waals surface area contributed by atoms with Gasteiger partial charge in [-0.15, -0.1) is 0 Å². The summed E-state index contributed by atoms with van der Waals surface area (Å²) in [5.41, 5.74) is 5.98. The molecular weight excluding hydrogens is 272 g/mol. The van der Waals surface area contributed by atoms with E-state index in [0.717, 1.165) is 0 Å². The molecule has 4 N–H and O–H groups in total. The van der Waals surface area contributed by atoms with Gasteiger partial charge in [-0.3, -0.25) is 9.59 Å². The molecule has 0 unspecified atom stereocenters. The van der Waals surface area contributed by atoms with Crippen molar-refractivity contribution < 1.29 is 19.5 Å². The molecule has 0 saturated heterocycles. The molecule has 0 saturated carbocycles. The average Bonchev–Trinajstić information content (AvgIpc) is 2.30. The number of carboxylic acid groups (broad SMARTS) is 1. The lowest BCUT2D eigenvalue weighted by Crippen LogP contribution is -2.41. The van der Waals surface area contributed by atoms with E-state index in [2.05, 4.69) is 5.32 Å². The van der Waals surface area contributed by atoms with Crippen molar-refractivity contribution in [1.82, 2.24) is 5.32 Å². The van der Waals surface area contributed by atoms with Crippen molar-refractivity contribution in [2.75, 3.05) is 5.73 Å². The van der Waals surface area contributed by atoms with Gasteiger partial charge < -0.3 is 16.2 Å². The van der Waals surface area contributed by atoms with Crippen LogP contribution in [0, 0.1) is 0 Å². The number of carbonyl (C=O) groups excluding carboxylic acids is 2. The third kappa shape index (κ3) is 4.26. The van der Waals surface area contributed by atoms with Crippen molar-refractivity contribution in [1.29, 1.82) is 0 Å². The Morgan fingerprint density at radius 3 is 2.58 bits per heavy atom. The number of ketones is 1. The molecule has 1 atom stereocenters. The lowest BCUT2D eigenvalue weighted by molar-refractivity contribution is -0.141. The normalized spacial score (nSPS) is 11.7. The number of hydrogen-bond acceptors (Lipinski definition) is 4. The highest BCUT2D eigenvalue weighted by molar-refractivity contribution is 6.31. The molecule has 1 aromatic rings. The predicted octanol–water partition coefficient (Wildman–Crippen LogP) is 1.08. The van der Waals surface area contributed by atoms with Crippen LogP contribution in [0.25, 0.3) is 0 Å². The number of aliphatic carboxylic acids is 1. The quantitative estimate of drug-likeness (QED) is 0.554. The fourth-order valence-corrected chi connectivity index (χ4v) is 1.68. The number of carboxylic acids is 1. The maximum Gasteiger partial charge on any atom is 0.326 e. The van der Waals surface area contributed by atoms with Gasteiger partial charge in [0.2, 0.25) is 5.91 Å². The zero-order valence-corrected chi connectivity index (χ0v) is 10.9. The fourth-order valence-electron chi connectivity index (χ4n) is 1.51. The molecule has 0 heterocycles. The largest absolute Gasteiger partial charge is 0.480 e. The molecule has 0 radical (unpaired) electrons. The summed E-state index contributed by atoms with van der Waals surface area (Å²) in [6.45, 7) is 1.17. The van der Waals surface area contributed by atoms with E-state index in [1.165, 1.54) is 25.1 Å². The molecule has 0 aliphatic heterocycles. The van der Waals surface area contributed by atoms with Crippen LogP contribution in [0.15, 0.2) is 18.2 Å². The van der Waals surface area contributed by atoms with Crippen molar-refractivity contribution >= 4 is 34.9 Å². The summed E-state index contributed by atoms with van der Waals surface area (Å²) in [7, 11) is 0. The zero-order valence-electron chi connectivity index (χ0n) is 10.1. The van der Waals surface area contributed by atoms with Crippen LogP contribution in [-0.4, -0.2) is 28.8 Å². The maximum absolute atomic E-state index is 12.0. The minimum absolute atomic E-state index is 0.143. The van der Waals surface area contributed by atoms with Crippen molar-refractivity contribution in [2.45, 2.75) is 19.4 Å². The minimum atomic E-state index is -1.29. The molecular formula is C12H13ClN2O4. The number of rotatable bonds is 5. The second kappa shape index (κ2) is 6.19. The van der Waals surface area contributed by atoms with Gasteiger partial charge in [-0.05, 0) is 18.2 Å². The van der Waals surface area contributed by atoms with Gasteiger partial charge >= 0.3 is 5.97 Å². The van der Waals surface area contributed by atoms with E-state index < -0.39 is 23.7 Å². The van der Waals surface area contributed by atoms with Gasteiger partial charge in [0.25, 0.3) is 0 Å². The molecule has 1 amide bonds. The number of carbonyl (C=O) groups is 3. The molecule has 1 aromatic carbocycles. The summed E-state index contributed by atoms with van der Waals surface area (Å²) in [6, 6.07) is 3.06. The Hall–Kier alpha value is -2.08. The summed E-state index contributed by atoms with van der Waals surface area (Å²) in [6.07, 6.45) is -0.389. The number of benzene rings is 1. The Balaban J connectivity index is 2.90. The molecule has 19 heavy (non-hydrogen) atoms. The molecule has 0 aliphatic rings. The molecule has 0 spiro atoms. The SMILES string of the molecule is CC(=O)N[C@H](CC(=O)c1cc(Cl)ccc1N)C(=O)O. The Labute approximate surface area is 114 Å². The highest BCUT2D eigenvalue weighted by Gasteiger charge is 2.23. The lowest BCUT2D eigenvalue weighted by Gasteiger charge is -2.13. The maximum atomic E-state index is 12.0. The van der Waals surface area contributed by atoms with Crippen LogP contribution in [0.3, 0.4) is 0 Å². The van der Waals surface area contributed by atoms with Crippen molar-refractivity contribution in [3.8, 4) is 0 Å². The van der Waals surface area contributed by atoms with E-state index >= 15 is 0 Å². The van der Waals surface area contributed by atoms with Crippen LogP contribution >= 0.6 is 11.6 Å². The molecule has 1 rings (SSSR count). The second-order valence-electron chi connectivity index (χ2n) is 3.95. The number of anilines is 1. The Bertz CT molecular complexity index is 530. The van der Waals surface area contributed by atoms with Gasteiger partial charge in [-0.1, -0.05) is 11.6 Å². The molecule has 0 aliphatic carbocycles. The Kier molecular flexibility index (Phi) is 4.88. The van der Waals surface area contributed by atoms with Crippen LogP contribution in [0.1, 0.15) is 23.7 Å². The van der Waals surface area contributed by atoms with Crippen molar-refractivity contribution in [3.05, 3.63) is 28.8 Å². The molecule has 0 aromatic heterocycles. The van der Waals surface area contributed by atoms with E-state index in [0.29, 0.717) is 5.02 Å². The summed E-state index contributed by atoms with van der Waals surface area (Å²) in [4.78, 5) is 33.8. The minimum Gasteiger partial charge on any atom is -0.480 e. The lowest BCUT2D eigenvalue weighted by atomic mass is 10.0. The summed E-state index contributed by atoms with van der Waals surface area (Å²) in [5.74, 6) is -2.32. The van der Waals surface area contributed by atoms with Crippen LogP contribution in [-0.2, 0) is 9.59 Å². The number of nitrogens with two attached hydrogens (primary N) is 1. The van der Waals surface area contributed by atoms with Crippen LogP contribution in [0.2, 0.25) is 5.02 Å². The van der Waals surface area contributed by atoms with Gasteiger partial charge in [-0.25, -0.2) is 4.79 Å². The number of nitrogen functional groups attached to an aromatic ring is 1. The first-order valence-electron chi connectivity index (χ1n) is 5.39. The Morgan fingerprint density at radius 1 is 1.42 bits per heavy atom. The molecule has 102 valence electrons. The smallest absolute Gasteiger partial charge is 0.326 e. The number of Topliss-reactive ketones (excluding diaryl/α,β-unsaturated/α-hetero) is 1. The predicted molar refractivity (Wildman–Crippen MR) is 70.1 cm³/mol. The zero-order chi connectivity index (χ0) is 14.6. The van der Waals surface area contributed by atoms with Gasteiger partial charge in [0.1, 0.15) is 6.04 Å². The van der Waals surface area contributed by atoms with Crippen molar-refractivity contribution in [3.63, 3.8) is 0 Å². The second-order valence-corrected chi connectivity index (χ2v) is 4.39. The number of amides is 1. The number of hydrogen-bond donors (Lipinski definition) is 3. The van der Waals surface area contributed by atoms with E-state index in [1.54, 1.807) is 0 Å². The molecule has 0 fully saturated rings. The summed E-state index contributed by atoms with van der Waals surface area (Å²) >= 11 is 5.75. The fraction of sp³-hybridized carbons (Fsp3) is 0.250. The third-order valence-electron chi connectivity index (χ3n) is 2.38. The number of nitrogens with one attached hydrogen (secondary N) is 1. The van der Waals surface area contributed by atoms with Gasteiger partial charge in [0.15, 0.2) is 5.78 Å². The van der Waals surface area contributed by atoms with E-state index in [9.17, 15) is 14.4 Å². The van der Waals surface area contributed by atoms with Crippen molar-refractivity contribution in [2.24, 2.45) is 0 Å². The van der Waals surface area contributed by atoms with E-state index in [4.69, 9.17) is 22.4 Å². The highest BCUT2D eigenvalue weighted by Crippen LogP contribution is 2.20. The number of halogens is 1. The first kappa shape index (κ1) is 15.0. The molecule has 0 bridgehead atoms. The standard InChI is InChI=1S/C12H13ClN2O4/c1-6(16)15-10(12(18)19)5-11(17)8-4-7(13)2-3-9(8)14/h2-4,10H,5,14H2,1H3,(H,15,16)(H,18,19)/t10-/m1/s1. The Morgan fingerprint density at radius 2 is 2.05 bits per heavy atom. The average molecular weight is 285 g/mol. The summed E-state index contributed by atoms with van der Waals surface area (Å²) in [5, 5.41) is 11.4. The van der Waals surface area contributed by atoms with Crippen LogP contribution in [0.4, 0.5) is 5.69 Å². The van der Waals surface area contributed by atoms with Crippen LogP contribution < -0.4 is 11.1 Å². The first-order chi connectivity index (χ1) is 8.81. The van der Waals surface area contributed by atoms with Gasteiger partial charge in [0.05, 0.1) is 0 Å².